The molecule has 9 nitrogen and oxygen atoms in total. The molecule has 0 bridgehead atoms. The molecule has 1 saturated heterocycles. The number of nitrogens with two attached hydrogens (primary N) is 1. The number of hydrogen-bond acceptors (Lipinski definition) is 6. The zero-order valence-corrected chi connectivity index (χ0v) is 17.0. The van der Waals surface area contributed by atoms with Gasteiger partial charge in [-0.25, -0.2) is 14.6 Å². The third-order valence-electron chi connectivity index (χ3n) is 5.28. The lowest BCUT2D eigenvalue weighted by atomic mass is 9.81. The monoisotopic (exact) mass is 435 g/mol. The molecule has 2 aromatic rings. The first-order valence-electron chi connectivity index (χ1n) is 8.80. The van der Waals surface area contributed by atoms with E-state index in [-0.39, 0.29) is 16.9 Å². The third-order valence-corrected chi connectivity index (χ3v) is 6.28. The van der Waals surface area contributed by atoms with Crippen LogP contribution >= 0.6 is 22.9 Å². The highest BCUT2D eigenvalue weighted by Crippen LogP contribution is 2.47. The van der Waals surface area contributed by atoms with E-state index in [1.165, 1.54) is 12.5 Å². The van der Waals surface area contributed by atoms with E-state index in [9.17, 15) is 14.4 Å². The number of methoxy groups -OCH3 is 1. The van der Waals surface area contributed by atoms with Crippen LogP contribution in [-0.4, -0.2) is 54.7 Å². The van der Waals surface area contributed by atoms with Gasteiger partial charge >= 0.3 is 12.1 Å². The van der Waals surface area contributed by atoms with Crippen molar-refractivity contribution in [2.45, 2.75) is 11.8 Å². The van der Waals surface area contributed by atoms with Crippen LogP contribution < -0.4 is 16.0 Å². The van der Waals surface area contributed by atoms with E-state index in [0.29, 0.717) is 31.1 Å². The Labute approximate surface area is 175 Å². The predicted octanol–water partition coefficient (Wildman–Crippen LogP) is 2.66. The van der Waals surface area contributed by atoms with Crippen molar-refractivity contribution in [3.63, 3.8) is 0 Å². The van der Waals surface area contributed by atoms with Gasteiger partial charge < -0.3 is 15.4 Å². The molecule has 1 unspecified atom stereocenters. The molecular weight excluding hydrogens is 418 g/mol. The Hall–Kier alpha value is -2.85. The summed E-state index contributed by atoms with van der Waals surface area (Å²) in [5, 5.41) is 5.05. The lowest BCUT2D eigenvalue weighted by Crippen LogP contribution is -2.41. The molecule has 2 aliphatic rings. The van der Waals surface area contributed by atoms with Crippen LogP contribution in [0.25, 0.3) is 0 Å². The molecule has 1 spiro atoms. The number of fused-ring (bicyclic) bond motifs is 2. The summed E-state index contributed by atoms with van der Waals surface area (Å²) in [7, 11) is 1.35. The number of ether oxygens (including phenoxy) is 1. The molecule has 2 aliphatic heterocycles. The Morgan fingerprint density at radius 2 is 2.14 bits per heavy atom. The smallest absolute Gasteiger partial charge is 0.409 e. The van der Waals surface area contributed by atoms with E-state index in [1.807, 2.05) is 6.07 Å². The highest BCUT2D eigenvalue weighted by atomic mass is 35.5. The summed E-state index contributed by atoms with van der Waals surface area (Å²) in [4.78, 5) is 43.4. The number of nitrogens with zero attached hydrogens (tertiary/aromatic N) is 3. The maximum atomic E-state index is 13.0. The molecule has 3 N–H and O–H groups in total. The topological polar surface area (TPSA) is 118 Å². The number of rotatable bonds is 2. The van der Waals surface area contributed by atoms with Gasteiger partial charge in [0.1, 0.15) is 5.69 Å². The molecule has 3 heterocycles. The van der Waals surface area contributed by atoms with Crippen LogP contribution in [0.2, 0.25) is 5.02 Å². The number of benzene rings is 1. The van der Waals surface area contributed by atoms with Crippen LogP contribution in [0.1, 0.15) is 22.5 Å². The lowest BCUT2D eigenvalue weighted by molar-refractivity contribution is 0.0996. The fourth-order valence-electron chi connectivity index (χ4n) is 3.93. The number of carbonyl (C=O) groups excluding carboxylic acids is 3. The number of aromatic nitrogens is 1. The first-order chi connectivity index (χ1) is 13.8. The third kappa shape index (κ3) is 3.38. The van der Waals surface area contributed by atoms with Crippen molar-refractivity contribution in [1.29, 1.82) is 0 Å². The van der Waals surface area contributed by atoms with Gasteiger partial charge in [-0.15, -0.1) is 11.3 Å². The Morgan fingerprint density at radius 3 is 2.83 bits per heavy atom. The van der Waals surface area contributed by atoms with Gasteiger partial charge in [-0.3, -0.25) is 15.0 Å². The highest BCUT2D eigenvalue weighted by molar-refractivity contribution is 7.14. The number of urea groups is 1. The maximum Gasteiger partial charge on any atom is 0.409 e. The SMILES string of the molecule is COC(=O)N1CCC2(C1)CN(C(=O)Nc1nc(C(N)=O)cs1)c1ccc(Cl)cc12. The fourth-order valence-corrected chi connectivity index (χ4v) is 4.79. The van der Waals surface area contributed by atoms with Crippen LogP contribution in [0.5, 0.6) is 0 Å². The van der Waals surface area contributed by atoms with E-state index >= 15 is 0 Å². The Balaban J connectivity index is 1.61. The highest BCUT2D eigenvalue weighted by Gasteiger charge is 2.50. The van der Waals surface area contributed by atoms with Gasteiger partial charge in [-0.1, -0.05) is 11.6 Å². The number of primary amides is 1. The quantitative estimate of drug-likeness (QED) is 0.751. The first-order valence-corrected chi connectivity index (χ1v) is 10.1. The number of carbonyl (C=O) groups is 3. The summed E-state index contributed by atoms with van der Waals surface area (Å²) in [6.07, 6.45) is 0.289. The second kappa shape index (κ2) is 7.20. The minimum Gasteiger partial charge on any atom is -0.453 e. The van der Waals surface area contributed by atoms with Crippen molar-refractivity contribution in [1.82, 2.24) is 9.88 Å². The van der Waals surface area contributed by atoms with Gasteiger partial charge in [-0.05, 0) is 30.2 Å². The van der Waals surface area contributed by atoms with E-state index in [0.717, 1.165) is 22.6 Å². The Morgan fingerprint density at radius 1 is 1.34 bits per heavy atom. The number of amides is 4. The predicted molar refractivity (Wildman–Crippen MR) is 109 cm³/mol. The van der Waals surface area contributed by atoms with E-state index in [2.05, 4.69) is 10.3 Å². The maximum absolute atomic E-state index is 13.0. The number of likely N-dealkylation sites (tertiary alicyclic amines) is 1. The molecule has 4 amide bonds. The summed E-state index contributed by atoms with van der Waals surface area (Å²) in [6.45, 7) is 1.35. The first kappa shape index (κ1) is 19.5. The van der Waals surface area contributed by atoms with Crippen molar-refractivity contribution in [2.75, 3.05) is 37.0 Å². The number of anilines is 2. The Kier molecular flexibility index (Phi) is 4.83. The molecule has 11 heteroatoms. The number of hydrogen-bond donors (Lipinski definition) is 2. The van der Waals surface area contributed by atoms with Crippen LogP contribution in [0, 0.1) is 0 Å². The normalized spacial score (nSPS) is 20.1. The van der Waals surface area contributed by atoms with Crippen molar-refractivity contribution >= 4 is 51.8 Å². The number of thiazole rings is 1. The van der Waals surface area contributed by atoms with Gasteiger partial charge in [0.15, 0.2) is 5.13 Å². The molecule has 1 fully saturated rings. The fraction of sp³-hybridized carbons (Fsp3) is 0.333. The largest absolute Gasteiger partial charge is 0.453 e. The number of nitrogens with one attached hydrogen (secondary N) is 1. The molecule has 0 radical (unpaired) electrons. The van der Waals surface area contributed by atoms with Gasteiger partial charge in [0, 0.05) is 41.1 Å². The van der Waals surface area contributed by atoms with Crippen molar-refractivity contribution in [3.05, 3.63) is 39.9 Å². The summed E-state index contributed by atoms with van der Waals surface area (Å²) < 4.78 is 4.85. The average Bonchev–Trinajstić information content (AvgIpc) is 3.40. The van der Waals surface area contributed by atoms with Crippen LogP contribution in [0.3, 0.4) is 0 Å². The van der Waals surface area contributed by atoms with Crippen LogP contribution in [-0.2, 0) is 10.2 Å². The summed E-state index contributed by atoms with van der Waals surface area (Å²) in [6, 6.07) is 4.98. The molecule has 0 aliphatic carbocycles. The molecule has 29 heavy (non-hydrogen) atoms. The summed E-state index contributed by atoms with van der Waals surface area (Å²) >= 11 is 7.34. The molecule has 4 rings (SSSR count). The molecule has 152 valence electrons. The van der Waals surface area contributed by atoms with Gasteiger partial charge in [0.2, 0.25) is 0 Å². The zero-order chi connectivity index (χ0) is 20.8. The summed E-state index contributed by atoms with van der Waals surface area (Å²) in [5.74, 6) is -0.657. The molecule has 0 saturated carbocycles. The standard InChI is InChI=1S/C18H18ClN5O4S/c1-28-17(27)23-5-4-18(8-23)9-24(13-3-2-10(19)6-11(13)18)16(26)22-15-21-12(7-29-15)14(20)25/h2-3,6-7H,4-5,8-9H2,1H3,(H2,20,25)(H,21,22,26). The average molecular weight is 436 g/mol. The second-order valence-corrected chi connectivity index (χ2v) is 8.30. The molecule has 1 aromatic carbocycles. The Bertz CT molecular complexity index is 1010. The van der Waals surface area contributed by atoms with E-state index in [1.54, 1.807) is 21.9 Å². The lowest BCUT2D eigenvalue weighted by Gasteiger charge is -2.25. The minimum atomic E-state index is -0.657. The molecule has 1 atom stereocenters. The van der Waals surface area contributed by atoms with Gasteiger partial charge in [0.25, 0.3) is 5.91 Å². The molecule has 1 aromatic heterocycles. The van der Waals surface area contributed by atoms with Crippen molar-refractivity contribution in [2.24, 2.45) is 5.73 Å². The second-order valence-electron chi connectivity index (χ2n) is 7.00. The van der Waals surface area contributed by atoms with E-state index in [4.69, 9.17) is 22.1 Å². The minimum absolute atomic E-state index is 0.0971. The summed E-state index contributed by atoms with van der Waals surface area (Å²) in [5.41, 5.74) is 6.53. The van der Waals surface area contributed by atoms with Gasteiger partial charge in [0.05, 0.1) is 7.11 Å². The van der Waals surface area contributed by atoms with Crippen molar-refractivity contribution in [3.8, 4) is 0 Å². The van der Waals surface area contributed by atoms with Crippen LogP contribution in [0.4, 0.5) is 20.4 Å². The van der Waals surface area contributed by atoms with Gasteiger partial charge in [-0.2, -0.15) is 0 Å². The number of halogens is 1. The zero-order valence-electron chi connectivity index (χ0n) is 15.5. The van der Waals surface area contributed by atoms with Crippen molar-refractivity contribution < 1.29 is 19.1 Å². The van der Waals surface area contributed by atoms with E-state index < -0.39 is 17.4 Å². The molecular formula is C18H18ClN5O4S. The van der Waals surface area contributed by atoms with Crippen LogP contribution in [0.15, 0.2) is 23.6 Å².